The quantitative estimate of drug-likeness (QED) is 0.665. The maximum absolute atomic E-state index is 12.6. The molecule has 1 aromatic rings. The number of phosphoric acid groups is 1. The van der Waals surface area contributed by atoms with Gasteiger partial charge in [0.2, 0.25) is 0 Å². The third-order valence-electron chi connectivity index (χ3n) is 2.83. The molecular formula is C12H20O7P2. The van der Waals surface area contributed by atoms with Gasteiger partial charge in [0, 0.05) is 28.4 Å². The third kappa shape index (κ3) is 4.47. The van der Waals surface area contributed by atoms with E-state index in [4.69, 9.17) is 22.6 Å². The van der Waals surface area contributed by atoms with Crippen LogP contribution in [0.5, 0.6) is 0 Å². The van der Waals surface area contributed by atoms with Crippen LogP contribution in [0.25, 0.3) is 0 Å². The number of hydrogen-bond acceptors (Lipinski definition) is 7. The lowest BCUT2D eigenvalue weighted by atomic mass is 10.2. The summed E-state index contributed by atoms with van der Waals surface area (Å²) in [5, 5.41) is 0. The van der Waals surface area contributed by atoms with Crippen molar-refractivity contribution in [3.63, 3.8) is 0 Å². The van der Waals surface area contributed by atoms with E-state index in [1.165, 1.54) is 28.4 Å². The van der Waals surface area contributed by atoms with Crippen LogP contribution in [-0.4, -0.2) is 28.4 Å². The Kier molecular flexibility index (Phi) is 6.75. The van der Waals surface area contributed by atoms with Crippen LogP contribution in [0, 0.1) is 6.92 Å². The lowest BCUT2D eigenvalue weighted by Gasteiger charge is -2.26. The zero-order chi connectivity index (χ0) is 16.1. The van der Waals surface area contributed by atoms with E-state index in [0.29, 0.717) is 5.56 Å². The van der Waals surface area contributed by atoms with Crippen molar-refractivity contribution < 1.29 is 31.7 Å². The van der Waals surface area contributed by atoms with Crippen molar-refractivity contribution >= 4 is 15.4 Å². The summed E-state index contributed by atoms with van der Waals surface area (Å²) in [5.74, 6) is -1.24. The monoisotopic (exact) mass is 338 g/mol. The Morgan fingerprint density at radius 3 is 1.71 bits per heavy atom. The van der Waals surface area contributed by atoms with Crippen LogP contribution >= 0.6 is 15.4 Å². The maximum atomic E-state index is 12.6. The van der Waals surface area contributed by atoms with Crippen molar-refractivity contribution in [2.24, 2.45) is 0 Å². The van der Waals surface area contributed by atoms with E-state index in [-0.39, 0.29) is 0 Å². The van der Waals surface area contributed by atoms with Gasteiger partial charge in [0.05, 0.1) is 0 Å². The molecule has 1 unspecified atom stereocenters. The number of hydrogen-bond donors (Lipinski definition) is 0. The maximum Gasteiger partial charge on any atom is 0.475 e. The van der Waals surface area contributed by atoms with Crippen LogP contribution in [0.2, 0.25) is 0 Å². The predicted molar refractivity (Wildman–Crippen MR) is 78.3 cm³/mol. The zero-order valence-electron chi connectivity index (χ0n) is 12.6. The van der Waals surface area contributed by atoms with Gasteiger partial charge in [-0.15, -0.1) is 0 Å². The third-order valence-corrected chi connectivity index (χ3v) is 6.36. The Morgan fingerprint density at radius 1 is 0.857 bits per heavy atom. The molecule has 0 heterocycles. The van der Waals surface area contributed by atoms with Crippen LogP contribution < -0.4 is 0 Å². The minimum atomic E-state index is -3.87. The Morgan fingerprint density at radius 2 is 1.33 bits per heavy atom. The summed E-state index contributed by atoms with van der Waals surface area (Å²) in [5.41, 5.74) is 1.48. The highest BCUT2D eigenvalue weighted by Crippen LogP contribution is 2.66. The van der Waals surface area contributed by atoms with E-state index < -0.39 is 21.3 Å². The summed E-state index contributed by atoms with van der Waals surface area (Å²) in [6, 6.07) is 6.96. The average molecular weight is 338 g/mol. The van der Waals surface area contributed by atoms with Crippen LogP contribution in [-0.2, 0) is 31.7 Å². The van der Waals surface area contributed by atoms with Gasteiger partial charge in [-0.2, -0.15) is 0 Å². The molecule has 7 nitrogen and oxygen atoms in total. The normalized spacial score (nSPS) is 14.1. The fourth-order valence-corrected chi connectivity index (χ4v) is 4.15. The van der Waals surface area contributed by atoms with Crippen molar-refractivity contribution in [2.45, 2.75) is 12.8 Å². The van der Waals surface area contributed by atoms with Crippen molar-refractivity contribution in [2.75, 3.05) is 28.4 Å². The van der Waals surface area contributed by atoms with Crippen LogP contribution in [0.1, 0.15) is 17.0 Å². The molecule has 9 heteroatoms. The summed E-state index contributed by atoms with van der Waals surface area (Å²) >= 11 is 0. The highest BCUT2D eigenvalue weighted by molar-refractivity contribution is 7.55. The van der Waals surface area contributed by atoms with Gasteiger partial charge in [0.15, 0.2) is 5.85 Å². The second kappa shape index (κ2) is 7.65. The van der Waals surface area contributed by atoms with Gasteiger partial charge in [-0.3, -0.25) is 18.1 Å². The van der Waals surface area contributed by atoms with E-state index in [2.05, 4.69) is 0 Å². The van der Waals surface area contributed by atoms with Gasteiger partial charge >= 0.3 is 15.4 Å². The second-order valence-electron chi connectivity index (χ2n) is 4.09. The molecule has 120 valence electrons. The minimum absolute atomic E-state index is 0.474. The van der Waals surface area contributed by atoms with Crippen molar-refractivity contribution in [1.82, 2.24) is 0 Å². The first-order chi connectivity index (χ1) is 9.84. The fourth-order valence-electron chi connectivity index (χ4n) is 1.58. The first-order valence-corrected chi connectivity index (χ1v) is 9.09. The molecule has 0 aliphatic heterocycles. The minimum Gasteiger partial charge on any atom is -0.310 e. The van der Waals surface area contributed by atoms with E-state index in [0.717, 1.165) is 5.56 Å². The van der Waals surface area contributed by atoms with Gasteiger partial charge in [-0.1, -0.05) is 29.8 Å². The molecule has 1 rings (SSSR count). The van der Waals surface area contributed by atoms with Crippen LogP contribution in [0.4, 0.5) is 0 Å². The molecular weight excluding hydrogens is 318 g/mol. The molecule has 0 radical (unpaired) electrons. The summed E-state index contributed by atoms with van der Waals surface area (Å²) in [7, 11) is -2.80. The van der Waals surface area contributed by atoms with Crippen molar-refractivity contribution in [1.29, 1.82) is 0 Å². The van der Waals surface area contributed by atoms with Crippen LogP contribution in [0.15, 0.2) is 24.3 Å². The molecule has 0 N–H and O–H groups in total. The molecule has 1 atom stereocenters. The van der Waals surface area contributed by atoms with Crippen molar-refractivity contribution in [3.05, 3.63) is 35.4 Å². The van der Waals surface area contributed by atoms with Gasteiger partial charge in [-0.25, -0.2) is 4.57 Å². The highest BCUT2D eigenvalue weighted by atomic mass is 31.2. The van der Waals surface area contributed by atoms with E-state index in [1.807, 2.05) is 6.92 Å². The van der Waals surface area contributed by atoms with E-state index in [9.17, 15) is 9.13 Å². The van der Waals surface area contributed by atoms with Crippen LogP contribution in [0.3, 0.4) is 0 Å². The largest absolute Gasteiger partial charge is 0.475 e. The topological polar surface area (TPSA) is 80.3 Å². The average Bonchev–Trinajstić information content (AvgIpc) is 2.52. The molecule has 0 spiro atoms. The number of phosphoric ester groups is 1. The zero-order valence-corrected chi connectivity index (χ0v) is 14.4. The molecule has 0 aromatic heterocycles. The molecule has 0 fully saturated rings. The number of rotatable bonds is 8. The highest BCUT2D eigenvalue weighted by Gasteiger charge is 2.42. The molecule has 0 saturated carbocycles. The fraction of sp³-hybridized carbons (Fsp3) is 0.500. The Bertz CT molecular complexity index is 527. The molecule has 0 amide bonds. The van der Waals surface area contributed by atoms with Gasteiger partial charge in [0.25, 0.3) is 0 Å². The Balaban J connectivity index is 3.27. The summed E-state index contributed by atoms with van der Waals surface area (Å²) in [4.78, 5) is 0. The van der Waals surface area contributed by atoms with Gasteiger partial charge < -0.3 is 9.05 Å². The number of benzene rings is 1. The SMILES string of the molecule is COP(=O)(OC)OC(c1ccc(C)cc1)P(=O)(OC)OC. The smallest absolute Gasteiger partial charge is 0.310 e. The molecule has 1 aromatic carbocycles. The molecule has 21 heavy (non-hydrogen) atoms. The second-order valence-corrected chi connectivity index (χ2v) is 8.20. The number of aryl methyl sites for hydroxylation is 1. The first-order valence-electron chi connectivity index (χ1n) is 6.01. The summed E-state index contributed by atoms with van der Waals surface area (Å²) in [6.07, 6.45) is 0. The predicted octanol–water partition coefficient (Wildman–Crippen LogP) is 3.90. The van der Waals surface area contributed by atoms with E-state index >= 15 is 0 Å². The van der Waals surface area contributed by atoms with E-state index in [1.54, 1.807) is 24.3 Å². The van der Waals surface area contributed by atoms with Gasteiger partial charge in [0.1, 0.15) is 0 Å². The molecule has 0 saturated heterocycles. The lowest BCUT2D eigenvalue weighted by molar-refractivity contribution is 0.116. The Labute approximate surface area is 124 Å². The summed E-state index contributed by atoms with van der Waals surface area (Å²) in [6.45, 7) is 1.90. The van der Waals surface area contributed by atoms with Gasteiger partial charge in [-0.05, 0) is 12.5 Å². The molecule has 0 bridgehead atoms. The van der Waals surface area contributed by atoms with Crippen molar-refractivity contribution in [3.8, 4) is 0 Å². The standard InChI is InChI=1S/C12H20O7P2/c1-10-6-8-11(9-7-10)12(20(13,15-2)16-3)19-21(14,17-4)18-5/h6-9,12H,1-5H3. The lowest BCUT2D eigenvalue weighted by Crippen LogP contribution is -2.08. The molecule has 0 aliphatic carbocycles. The molecule has 0 aliphatic rings. The Hall–Kier alpha value is -0.520. The first kappa shape index (κ1) is 18.5. The summed E-state index contributed by atoms with van der Waals surface area (Å²) < 4.78 is 49.5.